The zero-order valence-electron chi connectivity index (χ0n) is 19.3. The van der Waals surface area contributed by atoms with Crippen molar-refractivity contribution in [2.24, 2.45) is 0 Å². The molecule has 1 N–H and O–H groups in total. The van der Waals surface area contributed by atoms with Gasteiger partial charge in [0.15, 0.2) is 0 Å². The predicted octanol–water partition coefficient (Wildman–Crippen LogP) is 6.12. The van der Waals surface area contributed by atoms with Crippen LogP contribution in [0.4, 0.5) is 13.6 Å². The Labute approximate surface area is 203 Å². The van der Waals surface area contributed by atoms with Crippen molar-refractivity contribution < 1.29 is 23.4 Å². The summed E-state index contributed by atoms with van der Waals surface area (Å²) in [5.74, 6) is -1.45. The molecule has 3 aliphatic rings. The van der Waals surface area contributed by atoms with Crippen molar-refractivity contribution in [2.75, 3.05) is 6.61 Å². The molecule has 2 atom stereocenters. The van der Waals surface area contributed by atoms with E-state index in [9.17, 15) is 18.7 Å². The van der Waals surface area contributed by atoms with Gasteiger partial charge in [0.1, 0.15) is 18.2 Å². The minimum atomic E-state index is -1.38. The summed E-state index contributed by atoms with van der Waals surface area (Å²) in [5.41, 5.74) is 3.52. The molecular formula is C29H27F2NO3. The first-order valence-electron chi connectivity index (χ1n) is 12.3. The monoisotopic (exact) mass is 475 g/mol. The lowest BCUT2D eigenvalue weighted by atomic mass is 9.72. The van der Waals surface area contributed by atoms with Crippen LogP contribution in [0.3, 0.4) is 0 Å². The molecule has 2 unspecified atom stereocenters. The maximum absolute atomic E-state index is 13.9. The van der Waals surface area contributed by atoms with E-state index < -0.39 is 17.2 Å². The summed E-state index contributed by atoms with van der Waals surface area (Å²) in [5, 5.41) is 11.4. The number of benzene rings is 3. The van der Waals surface area contributed by atoms with Crippen LogP contribution < -0.4 is 0 Å². The lowest BCUT2D eigenvalue weighted by molar-refractivity contribution is -0.0893. The number of carbonyl (C=O) groups is 1. The van der Waals surface area contributed by atoms with Crippen molar-refractivity contribution in [2.45, 2.75) is 55.7 Å². The van der Waals surface area contributed by atoms with E-state index in [2.05, 4.69) is 24.3 Å². The van der Waals surface area contributed by atoms with Gasteiger partial charge in [-0.25, -0.2) is 13.6 Å². The topological polar surface area (TPSA) is 49.8 Å². The number of nitrogens with zero attached hydrogens (tertiary/aromatic N) is 1. The second-order valence-corrected chi connectivity index (χ2v) is 10.0. The van der Waals surface area contributed by atoms with Crippen LogP contribution in [-0.2, 0) is 10.3 Å². The summed E-state index contributed by atoms with van der Waals surface area (Å²) in [7, 11) is 0. The van der Waals surface area contributed by atoms with E-state index in [1.807, 2.05) is 24.3 Å². The fourth-order valence-electron chi connectivity index (χ4n) is 6.45. The first kappa shape index (κ1) is 22.2. The number of amides is 1. The molecule has 6 heteroatoms. The molecule has 0 aromatic heterocycles. The lowest BCUT2D eigenvalue weighted by Crippen LogP contribution is -2.59. The smallest absolute Gasteiger partial charge is 0.410 e. The normalized spacial score (nSPS) is 25.2. The van der Waals surface area contributed by atoms with Gasteiger partial charge in [0.25, 0.3) is 0 Å². The minimum Gasteiger partial charge on any atom is -0.448 e. The number of halogens is 2. The maximum atomic E-state index is 13.9. The molecule has 0 saturated carbocycles. The van der Waals surface area contributed by atoms with Gasteiger partial charge in [0, 0.05) is 36.9 Å². The van der Waals surface area contributed by atoms with Gasteiger partial charge in [-0.3, -0.25) is 0 Å². The fraction of sp³-hybridized carbons (Fsp3) is 0.345. The van der Waals surface area contributed by atoms with E-state index >= 15 is 0 Å². The van der Waals surface area contributed by atoms with Crippen LogP contribution in [0.15, 0.2) is 66.7 Å². The second-order valence-electron chi connectivity index (χ2n) is 10.0. The molecule has 4 nitrogen and oxygen atoms in total. The molecule has 0 radical (unpaired) electrons. The Hall–Kier alpha value is -3.25. The SMILES string of the molecule is O=C(OCC1c2ccccc2-c2ccccc21)N1C2CCCC1CC(O)(c1cc(F)cc(F)c1)C2. The Morgan fingerprint density at radius 3 is 2.03 bits per heavy atom. The highest BCUT2D eigenvalue weighted by Crippen LogP contribution is 2.46. The van der Waals surface area contributed by atoms with Gasteiger partial charge in [0.05, 0.1) is 5.60 Å². The fourth-order valence-corrected chi connectivity index (χ4v) is 6.45. The van der Waals surface area contributed by atoms with Gasteiger partial charge in [-0.2, -0.15) is 0 Å². The molecule has 1 aliphatic carbocycles. The van der Waals surface area contributed by atoms with Gasteiger partial charge < -0.3 is 14.7 Å². The van der Waals surface area contributed by atoms with E-state index in [0.29, 0.717) is 0 Å². The number of hydrogen-bond acceptors (Lipinski definition) is 3. The average Bonchev–Trinajstić information content (AvgIpc) is 3.15. The molecule has 0 spiro atoms. The van der Waals surface area contributed by atoms with E-state index in [-0.39, 0.29) is 49.1 Å². The molecule has 35 heavy (non-hydrogen) atoms. The quantitative estimate of drug-likeness (QED) is 0.497. The molecule has 3 aromatic carbocycles. The zero-order chi connectivity index (χ0) is 24.2. The van der Waals surface area contributed by atoms with Gasteiger partial charge in [0.2, 0.25) is 0 Å². The molecule has 2 aliphatic heterocycles. The van der Waals surface area contributed by atoms with Crippen molar-refractivity contribution in [1.82, 2.24) is 4.90 Å². The van der Waals surface area contributed by atoms with E-state index in [4.69, 9.17) is 4.74 Å². The third kappa shape index (κ3) is 3.80. The third-order valence-electron chi connectivity index (χ3n) is 7.95. The molecule has 2 saturated heterocycles. The largest absolute Gasteiger partial charge is 0.448 e. The van der Waals surface area contributed by atoms with Crippen LogP contribution in [0, 0.1) is 11.6 Å². The summed E-state index contributed by atoms with van der Waals surface area (Å²) in [6.45, 7) is 0.238. The van der Waals surface area contributed by atoms with Crippen molar-refractivity contribution in [3.63, 3.8) is 0 Å². The van der Waals surface area contributed by atoms with E-state index in [1.54, 1.807) is 4.90 Å². The van der Waals surface area contributed by atoms with Crippen LogP contribution in [0.1, 0.15) is 54.7 Å². The highest BCUT2D eigenvalue weighted by molar-refractivity contribution is 5.79. The molecule has 2 heterocycles. The standard InChI is InChI=1S/C29H27F2NO3/c30-19-12-18(13-20(31)14-19)29(34)15-21-6-5-7-22(16-29)32(21)28(33)35-17-27-25-10-3-1-8-23(25)24-9-2-4-11-26(24)27/h1-4,8-14,21-22,27,34H,5-7,15-17H2. The summed E-state index contributed by atoms with van der Waals surface area (Å²) in [6.07, 6.45) is 2.47. The van der Waals surface area contributed by atoms with Crippen molar-refractivity contribution >= 4 is 6.09 Å². The van der Waals surface area contributed by atoms with E-state index in [1.165, 1.54) is 23.3 Å². The Morgan fingerprint density at radius 1 is 0.914 bits per heavy atom. The highest BCUT2D eigenvalue weighted by Gasteiger charge is 2.49. The summed E-state index contributed by atoms with van der Waals surface area (Å²) in [6, 6.07) is 19.1. The molecule has 2 bridgehead atoms. The highest BCUT2D eigenvalue weighted by atomic mass is 19.1. The number of hydrogen-bond donors (Lipinski definition) is 1. The molecule has 6 rings (SSSR count). The van der Waals surface area contributed by atoms with Crippen molar-refractivity contribution in [1.29, 1.82) is 0 Å². The predicted molar refractivity (Wildman–Crippen MR) is 128 cm³/mol. The number of ether oxygens (including phenoxy) is 1. The maximum Gasteiger partial charge on any atom is 0.410 e. The Balaban J connectivity index is 1.21. The average molecular weight is 476 g/mol. The summed E-state index contributed by atoms with van der Waals surface area (Å²) in [4.78, 5) is 15.1. The molecule has 2 fully saturated rings. The Bertz CT molecular complexity index is 1210. The number of fused-ring (bicyclic) bond motifs is 5. The third-order valence-corrected chi connectivity index (χ3v) is 7.95. The van der Waals surface area contributed by atoms with Crippen LogP contribution in [0.25, 0.3) is 11.1 Å². The van der Waals surface area contributed by atoms with Gasteiger partial charge in [-0.15, -0.1) is 0 Å². The Morgan fingerprint density at radius 2 is 1.46 bits per heavy atom. The lowest BCUT2D eigenvalue weighted by Gasteiger charge is -2.51. The van der Waals surface area contributed by atoms with Gasteiger partial charge in [-0.1, -0.05) is 48.5 Å². The van der Waals surface area contributed by atoms with Gasteiger partial charge in [-0.05, 0) is 59.2 Å². The number of aliphatic hydroxyl groups is 1. The summed E-state index contributed by atoms with van der Waals surface area (Å²) >= 11 is 0. The first-order valence-corrected chi connectivity index (χ1v) is 12.3. The van der Waals surface area contributed by atoms with Gasteiger partial charge >= 0.3 is 6.09 Å². The van der Waals surface area contributed by atoms with E-state index in [0.717, 1.165) is 36.5 Å². The van der Waals surface area contributed by atoms with Crippen molar-refractivity contribution in [3.8, 4) is 11.1 Å². The number of rotatable bonds is 3. The van der Waals surface area contributed by atoms with Crippen LogP contribution in [0.2, 0.25) is 0 Å². The number of piperidine rings is 2. The van der Waals surface area contributed by atoms with Crippen LogP contribution >= 0.6 is 0 Å². The zero-order valence-corrected chi connectivity index (χ0v) is 19.3. The van der Waals surface area contributed by atoms with Crippen LogP contribution in [-0.4, -0.2) is 34.8 Å². The first-order chi connectivity index (χ1) is 16.9. The molecular weight excluding hydrogens is 448 g/mol. The summed E-state index contributed by atoms with van der Waals surface area (Å²) < 4.78 is 33.7. The second kappa shape index (κ2) is 8.45. The van der Waals surface area contributed by atoms with Crippen molar-refractivity contribution in [3.05, 3.63) is 95.1 Å². The minimum absolute atomic E-state index is 0.0248. The number of carbonyl (C=O) groups excluding carboxylic acids is 1. The Kier molecular flexibility index (Phi) is 5.37. The van der Waals surface area contributed by atoms with Crippen LogP contribution in [0.5, 0.6) is 0 Å². The molecule has 3 aromatic rings. The molecule has 180 valence electrons. The molecule has 1 amide bonds.